The molecule has 2 aliphatic heterocycles. The Morgan fingerprint density at radius 2 is 2.05 bits per heavy atom. The van der Waals surface area contributed by atoms with Crippen LogP contribution in [-0.2, 0) is 9.47 Å². The molecule has 0 aromatic rings. The van der Waals surface area contributed by atoms with Gasteiger partial charge >= 0.3 is 0 Å². The topological polar surface area (TPSA) is 82.5 Å². The van der Waals surface area contributed by atoms with Crippen LogP contribution in [0.25, 0.3) is 0 Å². The van der Waals surface area contributed by atoms with Crippen LogP contribution in [0, 0.1) is 10.8 Å². The number of rotatable bonds is 1. The van der Waals surface area contributed by atoms with E-state index in [2.05, 4.69) is 0 Å². The molecule has 3 fully saturated rings. The Kier molecular flexibility index (Phi) is 2.41. The molecule has 3 N–H and O–H groups in total. The molecule has 112 valence electrons. The minimum atomic E-state index is -0.893. The van der Waals surface area contributed by atoms with Gasteiger partial charge in [-0.25, -0.2) is 0 Å². The Balaban J connectivity index is 1.93. The summed E-state index contributed by atoms with van der Waals surface area (Å²) in [5.41, 5.74) is -1.04. The zero-order valence-electron chi connectivity index (χ0n) is 11.9. The maximum atomic E-state index is 10.7. The van der Waals surface area contributed by atoms with Crippen LogP contribution >= 0.6 is 0 Å². The van der Waals surface area contributed by atoms with Gasteiger partial charge in [-0.3, -0.25) is 0 Å². The number of ether oxygens (including phenoxy) is 2. The SMILES string of the molecule is CC1=CC2OC3CC(O)[C@@](C)([C@@]34CO4)[C@@]2(CO)[C@H](O)C1. The summed E-state index contributed by atoms with van der Waals surface area (Å²) in [5.74, 6) is 0. The van der Waals surface area contributed by atoms with Gasteiger partial charge in [-0.15, -0.1) is 0 Å². The second-order valence-electron chi connectivity index (χ2n) is 7.11. The van der Waals surface area contributed by atoms with Crippen molar-refractivity contribution in [2.24, 2.45) is 10.8 Å². The highest BCUT2D eigenvalue weighted by Crippen LogP contribution is 2.71. The van der Waals surface area contributed by atoms with Crippen LogP contribution in [0.2, 0.25) is 0 Å². The minimum absolute atomic E-state index is 0.151. The molecule has 5 nitrogen and oxygen atoms in total. The number of fused-ring (bicyclic) bond motifs is 2. The molecule has 4 rings (SSSR count). The predicted octanol–water partition coefficient (Wildman–Crippen LogP) is -0.0167. The van der Waals surface area contributed by atoms with Crippen molar-refractivity contribution in [2.75, 3.05) is 13.2 Å². The van der Waals surface area contributed by atoms with Gasteiger partial charge in [-0.05, 0) is 13.3 Å². The van der Waals surface area contributed by atoms with Crippen molar-refractivity contribution in [2.45, 2.75) is 56.7 Å². The van der Waals surface area contributed by atoms with Gasteiger partial charge in [0.25, 0.3) is 0 Å². The summed E-state index contributed by atoms with van der Waals surface area (Å²) in [5, 5.41) is 31.6. The molecule has 7 atom stereocenters. The molecule has 1 saturated carbocycles. The third-order valence-corrected chi connectivity index (χ3v) is 6.55. The van der Waals surface area contributed by atoms with E-state index < -0.39 is 28.6 Å². The predicted molar refractivity (Wildman–Crippen MR) is 70.0 cm³/mol. The standard InChI is InChI=1S/C15H22O5/c1-8-3-10(18)14(6-16)11(4-8)20-12-5-9(17)13(14,2)15(12)7-19-15/h4,9-12,16-18H,3,5-7H2,1-2H3/t9?,10-,11?,12?,13-,14+,15-/m1/s1. The third kappa shape index (κ3) is 1.12. The largest absolute Gasteiger partial charge is 0.396 e. The van der Waals surface area contributed by atoms with Gasteiger partial charge in [0, 0.05) is 11.8 Å². The highest BCUT2D eigenvalue weighted by atomic mass is 16.6. The summed E-state index contributed by atoms with van der Waals surface area (Å²) in [4.78, 5) is 0. The molecule has 2 saturated heterocycles. The van der Waals surface area contributed by atoms with Crippen LogP contribution in [0.1, 0.15) is 26.7 Å². The summed E-state index contributed by atoms with van der Waals surface area (Å²) in [6, 6.07) is 0. The quantitative estimate of drug-likeness (QED) is 0.465. The summed E-state index contributed by atoms with van der Waals surface area (Å²) in [6.07, 6.45) is 1.13. The number of epoxide rings is 1. The molecule has 2 aliphatic carbocycles. The van der Waals surface area contributed by atoms with Crippen molar-refractivity contribution >= 4 is 0 Å². The maximum Gasteiger partial charge on any atom is 0.126 e. The molecule has 20 heavy (non-hydrogen) atoms. The van der Waals surface area contributed by atoms with Gasteiger partial charge in [0.15, 0.2) is 0 Å². The molecular formula is C15H22O5. The van der Waals surface area contributed by atoms with Gasteiger partial charge in [0.2, 0.25) is 0 Å². The van der Waals surface area contributed by atoms with E-state index in [4.69, 9.17) is 9.47 Å². The lowest BCUT2D eigenvalue weighted by atomic mass is 9.50. The molecule has 5 heteroatoms. The van der Waals surface area contributed by atoms with Gasteiger partial charge in [-0.1, -0.05) is 18.6 Å². The summed E-state index contributed by atoms with van der Waals surface area (Å²) in [6.45, 7) is 4.24. The van der Waals surface area contributed by atoms with E-state index in [1.165, 1.54) is 0 Å². The lowest BCUT2D eigenvalue weighted by Gasteiger charge is -2.59. The third-order valence-electron chi connectivity index (χ3n) is 6.55. The van der Waals surface area contributed by atoms with Crippen molar-refractivity contribution in [3.8, 4) is 0 Å². The Morgan fingerprint density at radius 3 is 2.65 bits per heavy atom. The molecular weight excluding hydrogens is 260 g/mol. The molecule has 2 heterocycles. The first kappa shape index (κ1) is 13.2. The minimum Gasteiger partial charge on any atom is -0.396 e. The zero-order chi connectivity index (χ0) is 14.3. The van der Waals surface area contributed by atoms with Crippen LogP contribution < -0.4 is 0 Å². The molecule has 0 aromatic heterocycles. The van der Waals surface area contributed by atoms with Gasteiger partial charge in [0.05, 0.1) is 43.0 Å². The van der Waals surface area contributed by atoms with Crippen LogP contribution in [-0.4, -0.2) is 58.6 Å². The Labute approximate surface area is 118 Å². The van der Waals surface area contributed by atoms with E-state index in [9.17, 15) is 15.3 Å². The fraction of sp³-hybridized carbons (Fsp3) is 0.867. The normalized spacial score (nSPS) is 60.4. The molecule has 0 radical (unpaired) electrons. The van der Waals surface area contributed by atoms with Crippen molar-refractivity contribution in [3.05, 3.63) is 11.6 Å². The van der Waals surface area contributed by atoms with Crippen molar-refractivity contribution in [1.82, 2.24) is 0 Å². The van der Waals surface area contributed by atoms with E-state index in [0.29, 0.717) is 19.4 Å². The van der Waals surface area contributed by atoms with E-state index in [1.807, 2.05) is 19.9 Å². The van der Waals surface area contributed by atoms with Crippen molar-refractivity contribution in [3.63, 3.8) is 0 Å². The van der Waals surface area contributed by atoms with E-state index in [1.54, 1.807) is 0 Å². The first-order chi connectivity index (χ1) is 9.42. The molecule has 2 bridgehead atoms. The maximum absolute atomic E-state index is 10.7. The first-order valence-corrected chi connectivity index (χ1v) is 7.36. The average Bonchev–Trinajstić information content (AvgIpc) is 3.14. The smallest absolute Gasteiger partial charge is 0.126 e. The van der Waals surface area contributed by atoms with Crippen LogP contribution in [0.3, 0.4) is 0 Å². The zero-order valence-corrected chi connectivity index (χ0v) is 11.9. The summed E-state index contributed by atoms with van der Waals surface area (Å²) >= 11 is 0. The second kappa shape index (κ2) is 3.65. The lowest BCUT2D eigenvalue weighted by molar-refractivity contribution is -0.257. The molecule has 0 aromatic carbocycles. The molecule has 0 amide bonds. The molecule has 4 aliphatic rings. The van der Waals surface area contributed by atoms with Gasteiger partial charge in [-0.2, -0.15) is 0 Å². The van der Waals surface area contributed by atoms with E-state index in [0.717, 1.165) is 5.57 Å². The highest BCUT2D eigenvalue weighted by molar-refractivity contribution is 5.34. The fourth-order valence-electron chi connectivity index (χ4n) is 5.17. The first-order valence-electron chi connectivity index (χ1n) is 7.36. The van der Waals surface area contributed by atoms with E-state index >= 15 is 0 Å². The van der Waals surface area contributed by atoms with Crippen LogP contribution in [0.5, 0.6) is 0 Å². The van der Waals surface area contributed by atoms with Gasteiger partial charge < -0.3 is 24.8 Å². The monoisotopic (exact) mass is 282 g/mol. The van der Waals surface area contributed by atoms with Crippen molar-refractivity contribution < 1.29 is 24.8 Å². The number of hydrogen-bond acceptors (Lipinski definition) is 5. The van der Waals surface area contributed by atoms with Crippen molar-refractivity contribution in [1.29, 1.82) is 0 Å². The Hall–Kier alpha value is -0.460. The fourth-order valence-corrected chi connectivity index (χ4v) is 5.17. The average molecular weight is 282 g/mol. The van der Waals surface area contributed by atoms with Crippen LogP contribution in [0.4, 0.5) is 0 Å². The molecule has 1 spiro atoms. The molecule has 3 unspecified atom stereocenters. The summed E-state index contributed by atoms with van der Waals surface area (Å²) < 4.78 is 11.9. The number of aliphatic hydroxyl groups is 3. The Bertz CT molecular complexity index is 485. The second-order valence-corrected chi connectivity index (χ2v) is 7.11. The van der Waals surface area contributed by atoms with Gasteiger partial charge in [0.1, 0.15) is 5.60 Å². The van der Waals surface area contributed by atoms with Crippen LogP contribution in [0.15, 0.2) is 11.6 Å². The van der Waals surface area contributed by atoms with E-state index in [-0.39, 0.29) is 18.8 Å². The number of hydrogen-bond donors (Lipinski definition) is 3. The summed E-state index contributed by atoms with van der Waals surface area (Å²) in [7, 11) is 0. The number of aliphatic hydroxyl groups excluding tert-OH is 3. The lowest BCUT2D eigenvalue weighted by Crippen LogP contribution is -2.70. The highest BCUT2D eigenvalue weighted by Gasteiger charge is 2.83. The Morgan fingerprint density at radius 1 is 1.35 bits per heavy atom.